The standard InChI is InChI=1S/C26H26FNO4/c1-18-7-5-8-19(17-18)12-15-26(32-24(29)20-9-3-4-10-22(20)27)14-6-11-23-21(26)13-16-28(23)25(30)31-2/h3-5,7-10,17,21,23H,6,11,13-14,16H2,1-2H3/t21-,23-,26-/m1/s1. The van der Waals surface area contributed by atoms with E-state index in [4.69, 9.17) is 9.47 Å². The number of fused-ring (bicyclic) bond motifs is 1. The zero-order chi connectivity index (χ0) is 22.7. The molecule has 1 amide bonds. The molecule has 0 N–H and O–H groups in total. The van der Waals surface area contributed by atoms with E-state index in [-0.39, 0.29) is 23.6 Å². The van der Waals surface area contributed by atoms with Gasteiger partial charge in [0.05, 0.1) is 12.7 Å². The third-order valence-electron chi connectivity index (χ3n) is 6.41. The van der Waals surface area contributed by atoms with Gasteiger partial charge in [0, 0.05) is 24.1 Å². The van der Waals surface area contributed by atoms with Gasteiger partial charge in [0.2, 0.25) is 0 Å². The third-order valence-corrected chi connectivity index (χ3v) is 6.41. The number of esters is 1. The summed E-state index contributed by atoms with van der Waals surface area (Å²) in [4.78, 5) is 27.0. The summed E-state index contributed by atoms with van der Waals surface area (Å²) >= 11 is 0. The maximum Gasteiger partial charge on any atom is 0.409 e. The lowest BCUT2D eigenvalue weighted by Crippen LogP contribution is -2.51. The van der Waals surface area contributed by atoms with Gasteiger partial charge in [-0.25, -0.2) is 14.0 Å². The molecular weight excluding hydrogens is 409 g/mol. The average molecular weight is 435 g/mol. The molecule has 0 aromatic heterocycles. The minimum absolute atomic E-state index is 0.117. The van der Waals surface area contributed by atoms with Crippen LogP contribution >= 0.6 is 0 Å². The van der Waals surface area contributed by atoms with Gasteiger partial charge in [-0.3, -0.25) is 0 Å². The van der Waals surface area contributed by atoms with Crippen LogP contribution in [0.5, 0.6) is 0 Å². The van der Waals surface area contributed by atoms with Crippen molar-refractivity contribution in [1.29, 1.82) is 0 Å². The minimum Gasteiger partial charge on any atom is -0.453 e. The number of halogens is 1. The lowest BCUT2D eigenvalue weighted by molar-refractivity contribution is -0.0448. The molecule has 6 heteroatoms. The van der Waals surface area contributed by atoms with Crippen molar-refractivity contribution in [2.75, 3.05) is 13.7 Å². The Hall–Kier alpha value is -3.33. The molecule has 1 aliphatic carbocycles. The molecule has 3 atom stereocenters. The van der Waals surface area contributed by atoms with E-state index in [1.807, 2.05) is 31.2 Å². The Balaban J connectivity index is 1.73. The van der Waals surface area contributed by atoms with Crippen LogP contribution < -0.4 is 0 Å². The van der Waals surface area contributed by atoms with E-state index in [1.54, 1.807) is 11.0 Å². The van der Waals surface area contributed by atoms with E-state index >= 15 is 0 Å². The first-order valence-electron chi connectivity index (χ1n) is 10.9. The molecule has 1 saturated carbocycles. The maximum atomic E-state index is 14.3. The van der Waals surface area contributed by atoms with E-state index in [2.05, 4.69) is 11.8 Å². The van der Waals surface area contributed by atoms with Crippen molar-refractivity contribution in [3.05, 3.63) is 71.0 Å². The normalized spacial score (nSPS) is 24.2. The quantitative estimate of drug-likeness (QED) is 0.506. The van der Waals surface area contributed by atoms with Crippen molar-refractivity contribution in [2.45, 2.75) is 44.2 Å². The Labute approximate surface area is 187 Å². The summed E-state index contributed by atoms with van der Waals surface area (Å²) in [7, 11) is 1.36. The van der Waals surface area contributed by atoms with Crippen molar-refractivity contribution >= 4 is 12.1 Å². The van der Waals surface area contributed by atoms with E-state index in [0.29, 0.717) is 19.4 Å². The first kappa shape index (κ1) is 21.9. The first-order valence-corrected chi connectivity index (χ1v) is 10.9. The Morgan fingerprint density at radius 2 is 1.97 bits per heavy atom. The molecular formula is C26H26FNO4. The van der Waals surface area contributed by atoms with Crippen LogP contribution in [0.2, 0.25) is 0 Å². The number of hydrogen-bond acceptors (Lipinski definition) is 4. The molecule has 5 nitrogen and oxygen atoms in total. The number of carbonyl (C=O) groups is 2. The number of nitrogens with zero attached hydrogens (tertiary/aromatic N) is 1. The zero-order valence-corrected chi connectivity index (χ0v) is 18.3. The molecule has 2 fully saturated rings. The Bertz CT molecular complexity index is 1090. The van der Waals surface area contributed by atoms with Gasteiger partial charge in [0.1, 0.15) is 5.82 Å². The summed E-state index contributed by atoms with van der Waals surface area (Å²) in [6.07, 6.45) is 2.28. The predicted molar refractivity (Wildman–Crippen MR) is 117 cm³/mol. The third kappa shape index (κ3) is 4.20. The fourth-order valence-corrected chi connectivity index (χ4v) is 4.91. The van der Waals surface area contributed by atoms with Crippen LogP contribution in [0.3, 0.4) is 0 Å². The molecule has 32 heavy (non-hydrogen) atoms. The molecule has 1 saturated heterocycles. The molecule has 2 aromatic carbocycles. The van der Waals surface area contributed by atoms with Gasteiger partial charge in [-0.1, -0.05) is 30.2 Å². The lowest BCUT2D eigenvalue weighted by Gasteiger charge is -2.42. The van der Waals surface area contributed by atoms with Gasteiger partial charge < -0.3 is 14.4 Å². The number of ether oxygens (including phenoxy) is 2. The Kier molecular flexibility index (Phi) is 6.18. The van der Waals surface area contributed by atoms with Crippen LogP contribution in [0.15, 0.2) is 48.5 Å². The second-order valence-corrected chi connectivity index (χ2v) is 8.40. The summed E-state index contributed by atoms with van der Waals surface area (Å²) in [6, 6.07) is 13.4. The summed E-state index contributed by atoms with van der Waals surface area (Å²) in [6.45, 7) is 2.49. The van der Waals surface area contributed by atoms with Gasteiger partial charge in [-0.05, 0) is 68.4 Å². The van der Waals surface area contributed by atoms with Gasteiger partial charge in [-0.15, -0.1) is 0 Å². The van der Waals surface area contributed by atoms with E-state index in [0.717, 1.165) is 24.0 Å². The summed E-state index contributed by atoms with van der Waals surface area (Å²) in [5.74, 6) is 4.89. The van der Waals surface area contributed by atoms with Crippen LogP contribution in [0, 0.1) is 30.5 Å². The number of aryl methyl sites for hydroxylation is 1. The molecule has 2 aliphatic rings. The second kappa shape index (κ2) is 9.04. The van der Waals surface area contributed by atoms with Crippen molar-refractivity contribution in [2.24, 2.45) is 5.92 Å². The largest absolute Gasteiger partial charge is 0.453 e. The Morgan fingerprint density at radius 1 is 1.16 bits per heavy atom. The fourth-order valence-electron chi connectivity index (χ4n) is 4.91. The Morgan fingerprint density at radius 3 is 2.72 bits per heavy atom. The highest BCUT2D eigenvalue weighted by Crippen LogP contribution is 2.45. The van der Waals surface area contributed by atoms with Crippen LogP contribution in [0.25, 0.3) is 0 Å². The number of rotatable bonds is 2. The highest BCUT2D eigenvalue weighted by molar-refractivity contribution is 5.90. The molecule has 0 radical (unpaired) electrons. The summed E-state index contributed by atoms with van der Waals surface area (Å²) in [5.41, 5.74) is 0.660. The summed E-state index contributed by atoms with van der Waals surface area (Å²) < 4.78 is 25.3. The number of methoxy groups -OCH3 is 1. The smallest absolute Gasteiger partial charge is 0.409 e. The topological polar surface area (TPSA) is 55.8 Å². The van der Waals surface area contributed by atoms with Gasteiger partial charge in [0.15, 0.2) is 5.60 Å². The van der Waals surface area contributed by atoms with Crippen LogP contribution in [0.4, 0.5) is 9.18 Å². The summed E-state index contributed by atoms with van der Waals surface area (Å²) in [5, 5.41) is 0. The van der Waals surface area contributed by atoms with Crippen molar-refractivity contribution in [1.82, 2.24) is 4.90 Å². The number of benzene rings is 2. The van der Waals surface area contributed by atoms with Gasteiger partial charge >= 0.3 is 12.1 Å². The van der Waals surface area contributed by atoms with Crippen molar-refractivity contribution < 1.29 is 23.5 Å². The monoisotopic (exact) mass is 435 g/mol. The van der Waals surface area contributed by atoms with Crippen LogP contribution in [-0.4, -0.2) is 42.3 Å². The SMILES string of the molecule is COC(=O)N1CC[C@@H]2[C@H]1CCC[C@]2(C#Cc1cccc(C)c1)OC(=O)c1ccccc1F. The number of amides is 1. The number of carbonyl (C=O) groups excluding carboxylic acids is 2. The molecule has 4 rings (SSSR count). The number of likely N-dealkylation sites (tertiary alicyclic amines) is 1. The van der Waals surface area contributed by atoms with Crippen LogP contribution in [0.1, 0.15) is 47.2 Å². The molecule has 1 aliphatic heterocycles. The highest BCUT2D eigenvalue weighted by atomic mass is 19.1. The van der Waals surface area contributed by atoms with Crippen LogP contribution in [-0.2, 0) is 9.47 Å². The van der Waals surface area contributed by atoms with Gasteiger partial charge in [0.25, 0.3) is 0 Å². The molecule has 0 unspecified atom stereocenters. The second-order valence-electron chi connectivity index (χ2n) is 8.40. The fraction of sp³-hybridized carbons (Fsp3) is 0.385. The average Bonchev–Trinajstić information content (AvgIpc) is 3.23. The van der Waals surface area contributed by atoms with Crippen molar-refractivity contribution in [3.8, 4) is 11.8 Å². The van der Waals surface area contributed by atoms with E-state index in [9.17, 15) is 14.0 Å². The zero-order valence-electron chi connectivity index (χ0n) is 18.3. The minimum atomic E-state index is -1.12. The number of hydrogen-bond donors (Lipinski definition) is 0. The first-order chi connectivity index (χ1) is 15.4. The maximum absolute atomic E-state index is 14.3. The highest BCUT2D eigenvalue weighted by Gasteiger charge is 2.54. The van der Waals surface area contributed by atoms with E-state index in [1.165, 1.54) is 25.3 Å². The predicted octanol–water partition coefficient (Wildman–Crippen LogP) is 4.72. The van der Waals surface area contributed by atoms with Crippen molar-refractivity contribution in [3.63, 3.8) is 0 Å². The molecule has 0 spiro atoms. The van der Waals surface area contributed by atoms with Gasteiger partial charge in [-0.2, -0.15) is 0 Å². The molecule has 1 heterocycles. The lowest BCUT2D eigenvalue weighted by atomic mass is 9.72. The molecule has 0 bridgehead atoms. The molecule has 166 valence electrons. The van der Waals surface area contributed by atoms with E-state index < -0.39 is 17.4 Å². The molecule has 2 aromatic rings.